The van der Waals surface area contributed by atoms with E-state index in [1.54, 1.807) is 12.3 Å². The SMILES string of the molecule is O=C(Nc1ccccn1)C1CCCN(C(=O)C2CC(c3ccccc3)NN2)C1. The Hall–Kier alpha value is -2.77. The second-order valence-electron chi connectivity index (χ2n) is 7.37. The van der Waals surface area contributed by atoms with Gasteiger partial charge in [-0.3, -0.25) is 9.59 Å². The average Bonchev–Trinajstić information content (AvgIpc) is 3.25. The lowest BCUT2D eigenvalue weighted by molar-refractivity contribution is -0.136. The molecule has 1 aromatic heterocycles. The Labute approximate surface area is 164 Å². The number of hydrogen-bond acceptors (Lipinski definition) is 5. The van der Waals surface area contributed by atoms with Crippen LogP contribution in [-0.2, 0) is 9.59 Å². The van der Waals surface area contributed by atoms with Crippen molar-refractivity contribution in [2.24, 2.45) is 5.92 Å². The molecule has 3 atom stereocenters. The molecular formula is C21H25N5O2. The predicted molar refractivity (Wildman–Crippen MR) is 106 cm³/mol. The molecule has 0 saturated carbocycles. The van der Waals surface area contributed by atoms with Gasteiger partial charge in [0, 0.05) is 25.3 Å². The van der Waals surface area contributed by atoms with Crippen molar-refractivity contribution in [1.29, 1.82) is 0 Å². The predicted octanol–water partition coefficient (Wildman–Crippen LogP) is 1.87. The lowest BCUT2D eigenvalue weighted by Gasteiger charge is -2.33. The van der Waals surface area contributed by atoms with Crippen LogP contribution >= 0.6 is 0 Å². The summed E-state index contributed by atoms with van der Waals surface area (Å²) in [5.41, 5.74) is 7.52. The summed E-state index contributed by atoms with van der Waals surface area (Å²) in [6, 6.07) is 15.4. The summed E-state index contributed by atoms with van der Waals surface area (Å²) in [5.74, 6) is 0.319. The van der Waals surface area contributed by atoms with Gasteiger partial charge in [0.2, 0.25) is 11.8 Å². The number of nitrogens with zero attached hydrogens (tertiary/aromatic N) is 2. The number of nitrogens with one attached hydrogen (secondary N) is 3. The Bertz CT molecular complexity index is 814. The largest absolute Gasteiger partial charge is 0.341 e. The first kappa shape index (κ1) is 18.6. The molecule has 2 aromatic rings. The molecule has 3 N–H and O–H groups in total. The minimum Gasteiger partial charge on any atom is -0.341 e. The third-order valence-corrected chi connectivity index (χ3v) is 5.42. The molecule has 3 heterocycles. The molecule has 2 fully saturated rings. The monoisotopic (exact) mass is 379 g/mol. The van der Waals surface area contributed by atoms with Crippen LogP contribution in [0.5, 0.6) is 0 Å². The van der Waals surface area contributed by atoms with Crippen molar-refractivity contribution in [3.05, 3.63) is 60.3 Å². The molecule has 1 aromatic carbocycles. The summed E-state index contributed by atoms with van der Waals surface area (Å²) in [4.78, 5) is 31.5. The molecule has 2 saturated heterocycles. The number of benzene rings is 1. The number of anilines is 1. The van der Waals surface area contributed by atoms with E-state index in [9.17, 15) is 9.59 Å². The van der Waals surface area contributed by atoms with Crippen LogP contribution in [0.15, 0.2) is 54.7 Å². The maximum atomic E-state index is 13.0. The van der Waals surface area contributed by atoms with Crippen LogP contribution in [-0.4, -0.2) is 40.8 Å². The van der Waals surface area contributed by atoms with Crippen molar-refractivity contribution >= 4 is 17.6 Å². The smallest absolute Gasteiger partial charge is 0.241 e. The number of carbonyl (C=O) groups is 2. The van der Waals surface area contributed by atoms with E-state index in [0.717, 1.165) is 18.4 Å². The van der Waals surface area contributed by atoms with E-state index in [-0.39, 0.29) is 29.8 Å². The number of carbonyl (C=O) groups excluding carboxylic acids is 2. The molecule has 0 spiro atoms. The van der Waals surface area contributed by atoms with E-state index < -0.39 is 0 Å². The van der Waals surface area contributed by atoms with Crippen molar-refractivity contribution in [2.45, 2.75) is 31.3 Å². The van der Waals surface area contributed by atoms with Gasteiger partial charge >= 0.3 is 0 Å². The van der Waals surface area contributed by atoms with Crippen molar-refractivity contribution in [2.75, 3.05) is 18.4 Å². The molecule has 2 amide bonds. The summed E-state index contributed by atoms with van der Waals surface area (Å²) in [6.07, 6.45) is 3.96. The van der Waals surface area contributed by atoms with Gasteiger partial charge in [-0.25, -0.2) is 15.8 Å². The molecule has 0 aliphatic carbocycles. The van der Waals surface area contributed by atoms with Gasteiger partial charge in [-0.2, -0.15) is 0 Å². The van der Waals surface area contributed by atoms with Crippen LogP contribution in [0, 0.1) is 5.92 Å². The Morgan fingerprint density at radius 1 is 1.07 bits per heavy atom. The van der Waals surface area contributed by atoms with E-state index in [2.05, 4.69) is 33.3 Å². The van der Waals surface area contributed by atoms with E-state index in [1.807, 2.05) is 35.2 Å². The van der Waals surface area contributed by atoms with Crippen LogP contribution in [0.25, 0.3) is 0 Å². The second kappa shape index (κ2) is 8.50. The van der Waals surface area contributed by atoms with Crippen LogP contribution in [0.1, 0.15) is 30.9 Å². The highest BCUT2D eigenvalue weighted by Gasteiger charge is 2.36. The molecule has 3 unspecified atom stereocenters. The van der Waals surface area contributed by atoms with Gasteiger partial charge in [0.05, 0.1) is 5.92 Å². The summed E-state index contributed by atoms with van der Waals surface area (Å²) in [6.45, 7) is 1.14. The van der Waals surface area contributed by atoms with Gasteiger partial charge in [0.25, 0.3) is 0 Å². The highest BCUT2D eigenvalue weighted by molar-refractivity contribution is 5.92. The second-order valence-corrected chi connectivity index (χ2v) is 7.37. The van der Waals surface area contributed by atoms with Crippen LogP contribution in [0.3, 0.4) is 0 Å². The summed E-state index contributed by atoms with van der Waals surface area (Å²) in [5, 5.41) is 2.85. The van der Waals surface area contributed by atoms with E-state index in [1.165, 1.54) is 0 Å². The molecule has 2 aliphatic heterocycles. The normalized spacial score (nSPS) is 24.7. The highest BCUT2D eigenvalue weighted by atomic mass is 16.2. The zero-order valence-electron chi connectivity index (χ0n) is 15.7. The first-order valence-corrected chi connectivity index (χ1v) is 9.77. The average molecular weight is 379 g/mol. The molecule has 4 rings (SSSR count). The lowest BCUT2D eigenvalue weighted by atomic mass is 9.95. The fourth-order valence-corrected chi connectivity index (χ4v) is 3.90. The van der Waals surface area contributed by atoms with Crippen molar-refractivity contribution in [3.63, 3.8) is 0 Å². The Morgan fingerprint density at radius 3 is 2.68 bits per heavy atom. The molecule has 28 heavy (non-hydrogen) atoms. The number of amides is 2. The minimum atomic E-state index is -0.275. The first-order valence-electron chi connectivity index (χ1n) is 9.77. The maximum Gasteiger partial charge on any atom is 0.241 e. The topological polar surface area (TPSA) is 86.4 Å². The fraction of sp³-hybridized carbons (Fsp3) is 0.381. The molecular weight excluding hydrogens is 354 g/mol. The Balaban J connectivity index is 1.34. The quantitative estimate of drug-likeness (QED) is 0.755. The zero-order chi connectivity index (χ0) is 19.3. The number of likely N-dealkylation sites (tertiary alicyclic amines) is 1. The van der Waals surface area contributed by atoms with Gasteiger partial charge in [-0.1, -0.05) is 36.4 Å². The number of rotatable bonds is 4. The Kier molecular flexibility index (Phi) is 5.64. The van der Waals surface area contributed by atoms with E-state index in [0.29, 0.717) is 25.3 Å². The molecule has 0 bridgehead atoms. The van der Waals surface area contributed by atoms with Crippen LogP contribution in [0.4, 0.5) is 5.82 Å². The number of aromatic nitrogens is 1. The third kappa shape index (κ3) is 4.21. The minimum absolute atomic E-state index is 0.0567. The molecule has 7 nitrogen and oxygen atoms in total. The van der Waals surface area contributed by atoms with Crippen LogP contribution in [0.2, 0.25) is 0 Å². The third-order valence-electron chi connectivity index (χ3n) is 5.42. The van der Waals surface area contributed by atoms with Crippen molar-refractivity contribution in [1.82, 2.24) is 20.7 Å². The molecule has 2 aliphatic rings. The van der Waals surface area contributed by atoms with Gasteiger partial charge in [0.15, 0.2) is 0 Å². The summed E-state index contributed by atoms with van der Waals surface area (Å²) in [7, 11) is 0. The van der Waals surface area contributed by atoms with E-state index >= 15 is 0 Å². The van der Waals surface area contributed by atoms with Crippen LogP contribution < -0.4 is 16.2 Å². The Morgan fingerprint density at radius 2 is 1.89 bits per heavy atom. The van der Waals surface area contributed by atoms with Gasteiger partial charge in [-0.05, 0) is 37.0 Å². The highest BCUT2D eigenvalue weighted by Crippen LogP contribution is 2.25. The van der Waals surface area contributed by atoms with Crippen molar-refractivity contribution < 1.29 is 9.59 Å². The number of hydrogen-bond donors (Lipinski definition) is 3. The van der Waals surface area contributed by atoms with Gasteiger partial charge < -0.3 is 10.2 Å². The maximum absolute atomic E-state index is 13.0. The molecule has 0 radical (unpaired) electrons. The molecule has 146 valence electrons. The van der Waals surface area contributed by atoms with Gasteiger partial charge in [0.1, 0.15) is 11.9 Å². The first-order chi connectivity index (χ1) is 13.7. The summed E-state index contributed by atoms with van der Waals surface area (Å²) < 4.78 is 0. The standard InChI is InChI=1S/C21H25N5O2/c27-20(23-19-10-4-5-11-22-19)16-9-6-12-26(14-16)21(28)18-13-17(24-25-18)15-7-2-1-3-8-15/h1-5,7-8,10-11,16-18,24-25H,6,9,12-14H2,(H,22,23,27). The van der Waals surface area contributed by atoms with Gasteiger partial charge in [-0.15, -0.1) is 0 Å². The number of piperidine rings is 1. The number of pyridine rings is 1. The van der Waals surface area contributed by atoms with E-state index in [4.69, 9.17) is 0 Å². The number of hydrazine groups is 1. The zero-order valence-corrected chi connectivity index (χ0v) is 15.7. The summed E-state index contributed by atoms with van der Waals surface area (Å²) >= 11 is 0. The lowest BCUT2D eigenvalue weighted by Crippen LogP contribution is -2.50. The fourth-order valence-electron chi connectivity index (χ4n) is 3.90. The molecule has 7 heteroatoms. The van der Waals surface area contributed by atoms with Crippen molar-refractivity contribution in [3.8, 4) is 0 Å².